The van der Waals surface area contributed by atoms with Gasteiger partial charge in [0.15, 0.2) is 5.78 Å². The number of rotatable bonds is 6. The highest BCUT2D eigenvalue weighted by molar-refractivity contribution is 7.93. The summed E-state index contributed by atoms with van der Waals surface area (Å²) in [6.45, 7) is 0. The lowest BCUT2D eigenvalue weighted by molar-refractivity contribution is 0.104. The summed E-state index contributed by atoms with van der Waals surface area (Å²) in [6, 6.07) is 8.47. The Morgan fingerprint density at radius 3 is 2.77 bits per heavy atom. The summed E-state index contributed by atoms with van der Waals surface area (Å²) in [6.07, 6.45) is 8.34. The van der Waals surface area contributed by atoms with E-state index in [0.717, 1.165) is 11.1 Å². The summed E-state index contributed by atoms with van der Waals surface area (Å²) >= 11 is 0. The van der Waals surface area contributed by atoms with Crippen molar-refractivity contribution < 1.29 is 13.2 Å². The molecular formula is C21H19N5O3S. The Morgan fingerprint density at radius 2 is 2.03 bits per heavy atom. The number of hydrogen-bond donors (Lipinski definition) is 2. The fourth-order valence-electron chi connectivity index (χ4n) is 3.42. The van der Waals surface area contributed by atoms with Crippen molar-refractivity contribution in [3.8, 4) is 11.1 Å². The van der Waals surface area contributed by atoms with Crippen LogP contribution in [0.25, 0.3) is 22.2 Å². The molecule has 0 bridgehead atoms. The highest BCUT2D eigenvalue weighted by Gasteiger charge is 2.35. The zero-order valence-electron chi connectivity index (χ0n) is 16.2. The minimum atomic E-state index is -3.39. The van der Waals surface area contributed by atoms with Crippen LogP contribution >= 0.6 is 0 Å². The van der Waals surface area contributed by atoms with E-state index in [-0.39, 0.29) is 11.0 Å². The highest BCUT2D eigenvalue weighted by atomic mass is 32.2. The van der Waals surface area contributed by atoms with Crippen LogP contribution < -0.4 is 4.72 Å². The molecule has 3 aromatic heterocycles. The van der Waals surface area contributed by atoms with Crippen LogP contribution in [0.2, 0.25) is 0 Å². The smallest absolute Gasteiger partial charge is 0.235 e. The number of nitrogens with zero attached hydrogens (tertiary/aromatic N) is 3. The maximum absolute atomic E-state index is 13.2. The highest BCUT2D eigenvalue weighted by Crippen LogP contribution is 2.30. The van der Waals surface area contributed by atoms with E-state index in [1.54, 1.807) is 47.5 Å². The molecule has 152 valence electrons. The van der Waals surface area contributed by atoms with Crippen LogP contribution in [0, 0.1) is 0 Å². The number of carbonyl (C=O) groups is 1. The molecule has 0 atom stereocenters. The van der Waals surface area contributed by atoms with E-state index in [1.807, 2.05) is 19.3 Å². The number of aryl methyl sites for hydroxylation is 1. The van der Waals surface area contributed by atoms with Crippen molar-refractivity contribution >= 4 is 32.5 Å². The van der Waals surface area contributed by atoms with Crippen molar-refractivity contribution in [1.82, 2.24) is 19.7 Å². The van der Waals surface area contributed by atoms with Gasteiger partial charge in [-0.1, -0.05) is 12.1 Å². The summed E-state index contributed by atoms with van der Waals surface area (Å²) < 4.78 is 28.7. The average Bonchev–Trinajstić information content (AvgIpc) is 3.39. The van der Waals surface area contributed by atoms with Crippen LogP contribution in [-0.4, -0.2) is 39.2 Å². The van der Waals surface area contributed by atoms with Crippen LogP contribution in [-0.2, 0) is 17.1 Å². The Hall–Kier alpha value is -3.46. The molecule has 3 heterocycles. The van der Waals surface area contributed by atoms with Gasteiger partial charge in [0, 0.05) is 59.0 Å². The quantitative estimate of drug-likeness (QED) is 0.465. The Kier molecular flexibility index (Phi) is 4.21. The molecule has 0 unspecified atom stereocenters. The molecule has 1 saturated carbocycles. The Balaban J connectivity index is 1.49. The molecule has 9 heteroatoms. The molecule has 1 fully saturated rings. The number of hydrogen-bond acceptors (Lipinski definition) is 5. The molecule has 0 spiro atoms. The zero-order valence-corrected chi connectivity index (χ0v) is 17.0. The van der Waals surface area contributed by atoms with Crippen LogP contribution in [0.1, 0.15) is 28.8 Å². The third-order valence-corrected chi connectivity index (χ3v) is 7.03. The minimum Gasteiger partial charge on any atom is -0.345 e. The summed E-state index contributed by atoms with van der Waals surface area (Å²) in [7, 11) is -1.55. The molecule has 30 heavy (non-hydrogen) atoms. The molecule has 4 aromatic rings. The van der Waals surface area contributed by atoms with E-state index in [4.69, 9.17) is 0 Å². The average molecular weight is 421 g/mol. The lowest BCUT2D eigenvalue weighted by Gasteiger charge is -2.08. The normalized spacial score (nSPS) is 14.2. The van der Waals surface area contributed by atoms with Gasteiger partial charge in [-0.2, -0.15) is 5.10 Å². The van der Waals surface area contributed by atoms with Gasteiger partial charge in [-0.3, -0.25) is 14.2 Å². The third-order valence-electron chi connectivity index (χ3n) is 5.16. The number of anilines is 1. The second kappa shape index (κ2) is 6.81. The second-order valence-corrected chi connectivity index (χ2v) is 9.44. The number of sulfonamides is 1. The molecule has 5 rings (SSSR count). The molecule has 8 nitrogen and oxygen atoms in total. The van der Waals surface area contributed by atoms with Gasteiger partial charge in [0.25, 0.3) is 0 Å². The summed E-state index contributed by atoms with van der Waals surface area (Å²) in [5.74, 6) is -0.209. The number of aromatic nitrogens is 4. The van der Waals surface area contributed by atoms with Crippen LogP contribution in [0.15, 0.2) is 55.1 Å². The molecule has 2 N–H and O–H groups in total. The van der Waals surface area contributed by atoms with E-state index in [0.29, 0.717) is 40.7 Å². The number of carbonyl (C=O) groups excluding carboxylic acids is 1. The largest absolute Gasteiger partial charge is 0.345 e. The molecule has 0 amide bonds. The SMILES string of the molecule is Cn1cc(-c2cnc3[nH]cc(C(=O)c4cccc(NS(=O)(=O)C5CC5)c4)c3c2)cn1. The second-order valence-electron chi connectivity index (χ2n) is 7.48. The first-order chi connectivity index (χ1) is 14.4. The number of ketones is 1. The van der Waals surface area contributed by atoms with E-state index in [9.17, 15) is 13.2 Å². The van der Waals surface area contributed by atoms with Gasteiger partial charge >= 0.3 is 0 Å². The van der Waals surface area contributed by atoms with E-state index >= 15 is 0 Å². The van der Waals surface area contributed by atoms with E-state index in [1.165, 1.54) is 0 Å². The summed E-state index contributed by atoms with van der Waals surface area (Å²) in [5.41, 5.74) is 3.64. The number of H-pyrrole nitrogens is 1. The molecule has 0 aliphatic heterocycles. The Bertz CT molecular complexity index is 1380. The Morgan fingerprint density at radius 1 is 1.20 bits per heavy atom. The first-order valence-corrected chi connectivity index (χ1v) is 11.1. The van der Waals surface area contributed by atoms with Crippen molar-refractivity contribution in [1.29, 1.82) is 0 Å². The number of fused-ring (bicyclic) bond motifs is 1. The number of pyridine rings is 1. The lowest BCUT2D eigenvalue weighted by Crippen LogP contribution is -2.17. The van der Waals surface area contributed by atoms with E-state index in [2.05, 4.69) is 19.8 Å². The van der Waals surface area contributed by atoms with Crippen molar-refractivity contribution in [2.75, 3.05) is 4.72 Å². The van der Waals surface area contributed by atoms with Crippen molar-refractivity contribution in [3.05, 3.63) is 66.2 Å². The van der Waals surface area contributed by atoms with Gasteiger partial charge < -0.3 is 4.98 Å². The van der Waals surface area contributed by atoms with Gasteiger partial charge in [-0.25, -0.2) is 13.4 Å². The fraction of sp³-hybridized carbons (Fsp3) is 0.190. The molecular weight excluding hydrogens is 402 g/mol. The zero-order chi connectivity index (χ0) is 20.9. The standard InChI is InChI=1S/C21H19N5O3S/c1-26-12-15(10-24-26)14-8-18-19(11-23-21(18)22-9-14)20(27)13-3-2-4-16(7-13)25-30(28,29)17-5-6-17/h2-4,7-12,17,25H,5-6H2,1H3,(H,22,23). The van der Waals surface area contributed by atoms with Crippen molar-refractivity contribution in [3.63, 3.8) is 0 Å². The molecule has 1 aliphatic rings. The lowest BCUT2D eigenvalue weighted by atomic mass is 10.0. The maximum Gasteiger partial charge on any atom is 0.235 e. The molecule has 0 radical (unpaired) electrons. The van der Waals surface area contributed by atoms with Gasteiger partial charge in [0.2, 0.25) is 10.0 Å². The van der Waals surface area contributed by atoms with Crippen LogP contribution in [0.3, 0.4) is 0 Å². The van der Waals surface area contributed by atoms with Crippen LogP contribution in [0.4, 0.5) is 5.69 Å². The summed E-state index contributed by atoms with van der Waals surface area (Å²) in [4.78, 5) is 20.6. The topological polar surface area (TPSA) is 110 Å². The molecule has 1 aromatic carbocycles. The number of nitrogens with one attached hydrogen (secondary N) is 2. The minimum absolute atomic E-state index is 0.209. The Labute approximate surface area is 173 Å². The van der Waals surface area contributed by atoms with E-state index < -0.39 is 10.0 Å². The van der Waals surface area contributed by atoms with Crippen molar-refractivity contribution in [2.24, 2.45) is 7.05 Å². The first kappa shape index (κ1) is 18.6. The third kappa shape index (κ3) is 3.37. The monoisotopic (exact) mass is 421 g/mol. The number of aromatic amines is 1. The predicted octanol–water partition coefficient (Wildman–Crippen LogP) is 3.10. The van der Waals surface area contributed by atoms with Crippen molar-refractivity contribution in [2.45, 2.75) is 18.1 Å². The van der Waals surface area contributed by atoms with Crippen LogP contribution in [0.5, 0.6) is 0 Å². The van der Waals surface area contributed by atoms with Gasteiger partial charge in [-0.05, 0) is 31.0 Å². The molecule has 0 saturated heterocycles. The van der Waals surface area contributed by atoms with Gasteiger partial charge in [0.05, 0.1) is 11.4 Å². The predicted molar refractivity (Wildman–Crippen MR) is 114 cm³/mol. The van der Waals surface area contributed by atoms with Gasteiger partial charge in [0.1, 0.15) is 5.65 Å². The number of benzene rings is 1. The fourth-order valence-corrected chi connectivity index (χ4v) is 4.80. The van der Waals surface area contributed by atoms with Gasteiger partial charge in [-0.15, -0.1) is 0 Å². The summed E-state index contributed by atoms with van der Waals surface area (Å²) in [5, 5.41) is 4.55. The maximum atomic E-state index is 13.2. The first-order valence-electron chi connectivity index (χ1n) is 9.53. The molecule has 1 aliphatic carbocycles.